The molecule has 0 amide bonds. The van der Waals surface area contributed by atoms with Crippen LogP contribution >= 0.6 is 0 Å². The fraction of sp³-hybridized carbons (Fsp3) is 0.300. The van der Waals surface area contributed by atoms with Gasteiger partial charge >= 0.3 is 0 Å². The Morgan fingerprint density at radius 1 is 1.58 bits per heavy atom. The van der Waals surface area contributed by atoms with Crippen LogP contribution in [0.5, 0.6) is 0 Å². The SMILES string of the molecule is CC1OCc2cc(C=O)ccc21. The Labute approximate surface area is 71.2 Å². The summed E-state index contributed by atoms with van der Waals surface area (Å²) in [6.07, 6.45) is 1.05. The van der Waals surface area contributed by atoms with Crippen LogP contribution in [0.1, 0.15) is 34.5 Å². The quantitative estimate of drug-likeness (QED) is 0.591. The molecule has 0 saturated carbocycles. The van der Waals surface area contributed by atoms with E-state index in [1.165, 1.54) is 5.56 Å². The van der Waals surface area contributed by atoms with Gasteiger partial charge in [0.05, 0.1) is 12.7 Å². The van der Waals surface area contributed by atoms with E-state index in [2.05, 4.69) is 0 Å². The van der Waals surface area contributed by atoms with Gasteiger partial charge in [-0.25, -0.2) is 0 Å². The molecule has 1 aromatic rings. The highest BCUT2D eigenvalue weighted by Gasteiger charge is 2.18. The Hall–Kier alpha value is -1.15. The molecule has 1 aliphatic rings. The van der Waals surface area contributed by atoms with Crippen LogP contribution in [0.25, 0.3) is 0 Å². The summed E-state index contributed by atoms with van der Waals surface area (Å²) >= 11 is 0. The number of aldehydes is 1. The van der Waals surface area contributed by atoms with E-state index in [4.69, 9.17) is 4.74 Å². The van der Waals surface area contributed by atoms with Crippen LogP contribution in [-0.4, -0.2) is 6.29 Å². The predicted molar refractivity (Wildman–Crippen MR) is 45.0 cm³/mol. The number of carbonyl (C=O) groups is 1. The zero-order valence-corrected chi connectivity index (χ0v) is 6.91. The monoisotopic (exact) mass is 162 g/mol. The van der Waals surface area contributed by atoms with Crippen LogP contribution in [0.2, 0.25) is 0 Å². The Kier molecular flexibility index (Phi) is 1.70. The maximum Gasteiger partial charge on any atom is 0.150 e. The third kappa shape index (κ3) is 1.04. The predicted octanol–water partition coefficient (Wildman–Crippen LogP) is 2.09. The number of hydrogen-bond acceptors (Lipinski definition) is 2. The van der Waals surface area contributed by atoms with Gasteiger partial charge in [0.15, 0.2) is 0 Å². The molecule has 0 aliphatic carbocycles. The van der Waals surface area contributed by atoms with Gasteiger partial charge in [-0.1, -0.05) is 12.1 Å². The Bertz CT molecular complexity index is 318. The summed E-state index contributed by atoms with van der Waals surface area (Å²) in [4.78, 5) is 10.4. The van der Waals surface area contributed by atoms with Crippen LogP contribution in [-0.2, 0) is 11.3 Å². The van der Waals surface area contributed by atoms with Crippen molar-refractivity contribution in [3.63, 3.8) is 0 Å². The van der Waals surface area contributed by atoms with Crippen LogP contribution in [0.15, 0.2) is 18.2 Å². The van der Waals surface area contributed by atoms with Gasteiger partial charge in [-0.15, -0.1) is 0 Å². The molecule has 0 spiro atoms. The number of rotatable bonds is 1. The van der Waals surface area contributed by atoms with E-state index in [1.807, 2.05) is 25.1 Å². The molecule has 1 atom stereocenters. The molecule has 12 heavy (non-hydrogen) atoms. The Balaban J connectivity index is 2.48. The molecule has 2 nitrogen and oxygen atoms in total. The average Bonchev–Trinajstić information content (AvgIpc) is 2.47. The first-order valence-electron chi connectivity index (χ1n) is 4.01. The second kappa shape index (κ2) is 2.72. The summed E-state index contributed by atoms with van der Waals surface area (Å²) in [6.45, 7) is 2.66. The van der Waals surface area contributed by atoms with Gasteiger partial charge in [0.1, 0.15) is 6.29 Å². The topological polar surface area (TPSA) is 26.3 Å². The number of benzene rings is 1. The van der Waals surface area contributed by atoms with E-state index in [-0.39, 0.29) is 6.10 Å². The van der Waals surface area contributed by atoms with Gasteiger partial charge in [0.2, 0.25) is 0 Å². The Morgan fingerprint density at radius 3 is 3.17 bits per heavy atom. The van der Waals surface area contributed by atoms with Crippen molar-refractivity contribution >= 4 is 6.29 Å². The zero-order chi connectivity index (χ0) is 8.55. The minimum Gasteiger partial charge on any atom is -0.369 e. The highest BCUT2D eigenvalue weighted by Crippen LogP contribution is 2.29. The van der Waals surface area contributed by atoms with E-state index in [1.54, 1.807) is 0 Å². The molecular formula is C10H10O2. The summed E-state index contributed by atoms with van der Waals surface area (Å²) in [7, 11) is 0. The van der Waals surface area contributed by atoms with Crippen LogP contribution < -0.4 is 0 Å². The summed E-state index contributed by atoms with van der Waals surface area (Å²) in [5.41, 5.74) is 3.08. The van der Waals surface area contributed by atoms with Gasteiger partial charge in [-0.2, -0.15) is 0 Å². The maximum absolute atomic E-state index is 10.4. The first-order valence-corrected chi connectivity index (χ1v) is 4.01. The minimum absolute atomic E-state index is 0.181. The lowest BCUT2D eigenvalue weighted by molar-refractivity contribution is 0.0796. The van der Waals surface area contributed by atoms with Crippen molar-refractivity contribution in [2.45, 2.75) is 19.6 Å². The molecule has 0 radical (unpaired) electrons. The summed E-state index contributed by atoms with van der Waals surface area (Å²) in [6, 6.07) is 5.69. The van der Waals surface area contributed by atoms with Gasteiger partial charge < -0.3 is 4.74 Å². The van der Waals surface area contributed by atoms with E-state index < -0.39 is 0 Å². The highest BCUT2D eigenvalue weighted by molar-refractivity contribution is 5.75. The third-order valence-corrected chi connectivity index (χ3v) is 2.23. The van der Waals surface area contributed by atoms with Crippen molar-refractivity contribution in [3.05, 3.63) is 34.9 Å². The van der Waals surface area contributed by atoms with Crippen molar-refractivity contribution in [1.29, 1.82) is 0 Å². The Morgan fingerprint density at radius 2 is 2.42 bits per heavy atom. The molecule has 1 unspecified atom stereocenters. The normalized spacial score (nSPS) is 20.6. The summed E-state index contributed by atoms with van der Waals surface area (Å²) < 4.78 is 5.41. The molecule has 0 N–H and O–H groups in total. The zero-order valence-electron chi connectivity index (χ0n) is 6.91. The maximum atomic E-state index is 10.4. The van der Waals surface area contributed by atoms with Gasteiger partial charge in [-0.3, -0.25) is 4.79 Å². The number of fused-ring (bicyclic) bond motifs is 1. The summed E-state index contributed by atoms with van der Waals surface area (Å²) in [5, 5.41) is 0. The van der Waals surface area contributed by atoms with E-state index in [0.717, 1.165) is 17.4 Å². The van der Waals surface area contributed by atoms with Crippen LogP contribution in [0.3, 0.4) is 0 Å². The lowest BCUT2D eigenvalue weighted by Gasteiger charge is -2.01. The van der Waals surface area contributed by atoms with Crippen LogP contribution in [0, 0.1) is 0 Å². The molecule has 2 heteroatoms. The molecule has 0 fully saturated rings. The second-order valence-electron chi connectivity index (χ2n) is 3.03. The van der Waals surface area contributed by atoms with E-state index in [0.29, 0.717) is 6.61 Å². The molecule has 0 bridgehead atoms. The lowest BCUT2D eigenvalue weighted by Crippen LogP contribution is -1.88. The molecule has 62 valence electrons. The van der Waals surface area contributed by atoms with Crippen molar-refractivity contribution in [1.82, 2.24) is 0 Å². The largest absolute Gasteiger partial charge is 0.369 e. The van der Waals surface area contributed by atoms with Gasteiger partial charge in [0, 0.05) is 5.56 Å². The number of hydrogen-bond donors (Lipinski definition) is 0. The van der Waals surface area contributed by atoms with Crippen molar-refractivity contribution < 1.29 is 9.53 Å². The molecule has 0 aromatic heterocycles. The van der Waals surface area contributed by atoms with Gasteiger partial charge in [0.25, 0.3) is 0 Å². The molecule has 1 aliphatic heterocycles. The number of carbonyl (C=O) groups excluding carboxylic acids is 1. The highest BCUT2D eigenvalue weighted by atomic mass is 16.5. The molecule has 1 heterocycles. The van der Waals surface area contributed by atoms with E-state index in [9.17, 15) is 4.79 Å². The summed E-state index contributed by atoms with van der Waals surface area (Å²) in [5.74, 6) is 0. The van der Waals surface area contributed by atoms with Crippen molar-refractivity contribution in [2.75, 3.05) is 0 Å². The van der Waals surface area contributed by atoms with Gasteiger partial charge in [-0.05, 0) is 24.1 Å². The third-order valence-electron chi connectivity index (χ3n) is 2.23. The van der Waals surface area contributed by atoms with Crippen molar-refractivity contribution in [3.8, 4) is 0 Å². The number of ether oxygens (including phenoxy) is 1. The smallest absolute Gasteiger partial charge is 0.150 e. The molecular weight excluding hydrogens is 152 g/mol. The second-order valence-corrected chi connectivity index (χ2v) is 3.03. The molecule has 0 saturated heterocycles. The lowest BCUT2D eigenvalue weighted by atomic mass is 10.0. The molecule has 1 aromatic carbocycles. The van der Waals surface area contributed by atoms with Crippen molar-refractivity contribution in [2.24, 2.45) is 0 Å². The average molecular weight is 162 g/mol. The minimum atomic E-state index is 0.181. The first-order chi connectivity index (χ1) is 5.81. The van der Waals surface area contributed by atoms with Crippen LogP contribution in [0.4, 0.5) is 0 Å². The molecule has 2 rings (SSSR count). The van der Waals surface area contributed by atoms with E-state index >= 15 is 0 Å². The fourth-order valence-electron chi connectivity index (χ4n) is 1.53. The first kappa shape index (κ1) is 7.50. The standard InChI is InChI=1S/C10H10O2/c1-7-10-3-2-8(5-11)4-9(10)6-12-7/h2-5,7H,6H2,1H3. The fourth-order valence-corrected chi connectivity index (χ4v) is 1.53.